The Morgan fingerprint density at radius 1 is 0.814 bits per heavy atom. The molecule has 0 spiro atoms. The van der Waals surface area contributed by atoms with Crippen LogP contribution in [0.25, 0.3) is 11.3 Å². The monoisotopic (exact) mass is 636 g/mol. The predicted molar refractivity (Wildman–Crippen MR) is 141 cm³/mol. The van der Waals surface area contributed by atoms with Crippen LogP contribution in [0.2, 0.25) is 0 Å². The summed E-state index contributed by atoms with van der Waals surface area (Å²) >= 11 is 1.43. The second-order valence-electron chi connectivity index (χ2n) is 9.70. The standard InChI is InChI=1S/C27H25F9N6S/c1-4-6-22-37-23(21(5-2)43-22)20-8-7-17(25(28,29)30)11-16(20)14-42(24-38-40-41(3)39-24)13-15-9-18(26(31,32)33)12-19(10-15)27(34,35)36/h7-12H,4-6,13-14H2,1-3H3. The minimum Gasteiger partial charge on any atom is -0.330 e. The molecule has 2 aromatic heterocycles. The SMILES string of the molecule is CCCc1nc(-c2ccc(C(F)(F)F)cc2CN(Cc2cc(C(F)(F)F)cc(C(F)(F)F)c2)c2nnn(C)n2)c(CC)s1. The van der Waals surface area contributed by atoms with E-state index in [0.717, 1.165) is 33.2 Å². The molecule has 2 aromatic carbocycles. The molecular weight excluding hydrogens is 611 g/mol. The van der Waals surface area contributed by atoms with Gasteiger partial charge in [0.15, 0.2) is 0 Å². The molecule has 0 radical (unpaired) electrons. The second kappa shape index (κ2) is 12.1. The lowest BCUT2D eigenvalue weighted by Gasteiger charge is -2.24. The number of anilines is 1. The normalized spacial score (nSPS) is 12.7. The zero-order valence-corrected chi connectivity index (χ0v) is 23.8. The number of thiazole rings is 1. The lowest BCUT2D eigenvalue weighted by Crippen LogP contribution is -2.25. The Morgan fingerprint density at radius 2 is 1.44 bits per heavy atom. The van der Waals surface area contributed by atoms with Crippen molar-refractivity contribution in [2.45, 2.75) is 64.7 Å². The molecule has 2 heterocycles. The third-order valence-corrected chi connectivity index (χ3v) is 7.64. The molecule has 0 saturated heterocycles. The zero-order chi connectivity index (χ0) is 31.7. The molecule has 0 unspecified atom stereocenters. The van der Waals surface area contributed by atoms with E-state index in [9.17, 15) is 39.5 Å². The van der Waals surface area contributed by atoms with Crippen LogP contribution in [0, 0.1) is 0 Å². The molecule has 0 aliphatic rings. The summed E-state index contributed by atoms with van der Waals surface area (Å²) in [5, 5.41) is 12.3. The summed E-state index contributed by atoms with van der Waals surface area (Å²) in [5.74, 6) is -0.211. The van der Waals surface area contributed by atoms with Gasteiger partial charge < -0.3 is 4.90 Å². The maximum Gasteiger partial charge on any atom is 0.416 e. The molecule has 0 bridgehead atoms. The Kier molecular flexibility index (Phi) is 9.09. The van der Waals surface area contributed by atoms with Crippen LogP contribution in [0.4, 0.5) is 45.5 Å². The van der Waals surface area contributed by atoms with Crippen molar-refractivity contribution in [1.29, 1.82) is 0 Å². The molecule has 0 fully saturated rings. The van der Waals surface area contributed by atoms with Crippen LogP contribution in [0.15, 0.2) is 36.4 Å². The fraction of sp³-hybridized carbons (Fsp3) is 0.407. The Hall–Kier alpha value is -3.69. The van der Waals surface area contributed by atoms with Crippen molar-refractivity contribution in [3.05, 3.63) is 74.1 Å². The summed E-state index contributed by atoms with van der Waals surface area (Å²) in [7, 11) is 1.38. The highest BCUT2D eigenvalue weighted by Gasteiger charge is 2.37. The molecule has 0 saturated carbocycles. The largest absolute Gasteiger partial charge is 0.416 e. The van der Waals surface area contributed by atoms with E-state index < -0.39 is 53.9 Å². The lowest BCUT2D eigenvalue weighted by molar-refractivity contribution is -0.143. The van der Waals surface area contributed by atoms with E-state index in [-0.39, 0.29) is 17.6 Å². The summed E-state index contributed by atoms with van der Waals surface area (Å²) in [6, 6.07) is 4.18. The van der Waals surface area contributed by atoms with E-state index in [1.165, 1.54) is 29.4 Å². The minimum atomic E-state index is -5.09. The van der Waals surface area contributed by atoms with Crippen LogP contribution in [-0.2, 0) is 51.5 Å². The van der Waals surface area contributed by atoms with Crippen molar-refractivity contribution in [2.24, 2.45) is 7.05 Å². The summed E-state index contributed by atoms with van der Waals surface area (Å²) in [6.07, 6.45) is -12.9. The highest BCUT2D eigenvalue weighted by atomic mass is 32.1. The van der Waals surface area contributed by atoms with Gasteiger partial charge in [-0.2, -0.15) is 44.3 Å². The van der Waals surface area contributed by atoms with Crippen LogP contribution < -0.4 is 4.90 Å². The fourth-order valence-electron chi connectivity index (χ4n) is 4.44. The van der Waals surface area contributed by atoms with Gasteiger partial charge in [0.2, 0.25) is 0 Å². The Morgan fingerprint density at radius 3 is 1.95 bits per heavy atom. The molecule has 4 rings (SSSR count). The molecule has 232 valence electrons. The minimum absolute atomic E-state index is 0.00171. The third-order valence-electron chi connectivity index (χ3n) is 6.38. The van der Waals surface area contributed by atoms with Gasteiger partial charge in [-0.15, -0.1) is 16.4 Å². The van der Waals surface area contributed by atoms with Crippen LogP contribution in [0.3, 0.4) is 0 Å². The molecule has 0 aliphatic carbocycles. The number of nitrogens with zero attached hydrogens (tertiary/aromatic N) is 6. The summed E-state index contributed by atoms with van der Waals surface area (Å²) < 4.78 is 123. The number of benzene rings is 2. The lowest BCUT2D eigenvalue weighted by atomic mass is 9.98. The predicted octanol–water partition coefficient (Wildman–Crippen LogP) is 8.11. The highest BCUT2D eigenvalue weighted by Crippen LogP contribution is 2.39. The van der Waals surface area contributed by atoms with Crippen molar-refractivity contribution >= 4 is 17.3 Å². The fourth-order valence-corrected chi connectivity index (χ4v) is 5.56. The first-order valence-corrected chi connectivity index (χ1v) is 13.8. The zero-order valence-electron chi connectivity index (χ0n) is 23.0. The molecule has 16 heteroatoms. The molecule has 0 amide bonds. The average molecular weight is 637 g/mol. The number of aryl methyl sites for hydroxylation is 3. The maximum absolute atomic E-state index is 13.8. The number of alkyl halides is 9. The number of hydrogen-bond acceptors (Lipinski definition) is 6. The van der Waals surface area contributed by atoms with Gasteiger partial charge in [0, 0.05) is 23.5 Å². The Bertz CT molecular complexity index is 1540. The molecule has 43 heavy (non-hydrogen) atoms. The van der Waals surface area contributed by atoms with E-state index in [4.69, 9.17) is 0 Å². The summed E-state index contributed by atoms with van der Waals surface area (Å²) in [4.78, 5) is 7.66. The van der Waals surface area contributed by atoms with E-state index >= 15 is 0 Å². The van der Waals surface area contributed by atoms with E-state index in [1.807, 2.05) is 13.8 Å². The van der Waals surface area contributed by atoms with Crippen molar-refractivity contribution in [2.75, 3.05) is 4.90 Å². The number of aromatic nitrogens is 5. The van der Waals surface area contributed by atoms with E-state index in [1.54, 1.807) is 0 Å². The van der Waals surface area contributed by atoms with Crippen LogP contribution >= 0.6 is 11.3 Å². The van der Waals surface area contributed by atoms with Gasteiger partial charge in [-0.05, 0) is 65.9 Å². The van der Waals surface area contributed by atoms with Crippen LogP contribution in [-0.4, -0.2) is 25.2 Å². The topological polar surface area (TPSA) is 59.7 Å². The number of tetrazole rings is 1. The number of hydrogen-bond donors (Lipinski definition) is 0. The van der Waals surface area contributed by atoms with Crippen molar-refractivity contribution in [1.82, 2.24) is 25.2 Å². The van der Waals surface area contributed by atoms with Gasteiger partial charge in [-0.1, -0.05) is 25.0 Å². The smallest absolute Gasteiger partial charge is 0.330 e. The number of rotatable bonds is 9. The van der Waals surface area contributed by atoms with Crippen LogP contribution in [0.1, 0.15) is 58.0 Å². The quantitative estimate of drug-likeness (QED) is 0.174. The first-order valence-electron chi connectivity index (χ1n) is 13.0. The first-order chi connectivity index (χ1) is 20.0. The van der Waals surface area contributed by atoms with Crippen LogP contribution in [0.5, 0.6) is 0 Å². The van der Waals surface area contributed by atoms with Crippen molar-refractivity contribution in [3.63, 3.8) is 0 Å². The summed E-state index contributed by atoms with van der Waals surface area (Å²) in [5.41, 5.74) is -3.56. The number of halogens is 9. The first kappa shape index (κ1) is 32.2. The van der Waals surface area contributed by atoms with Gasteiger partial charge in [-0.3, -0.25) is 0 Å². The van der Waals surface area contributed by atoms with Crippen molar-refractivity contribution < 1.29 is 39.5 Å². The molecule has 4 aromatic rings. The summed E-state index contributed by atoms with van der Waals surface area (Å²) in [6.45, 7) is 2.82. The van der Waals surface area contributed by atoms with Crippen molar-refractivity contribution in [3.8, 4) is 11.3 Å². The van der Waals surface area contributed by atoms with Gasteiger partial charge >= 0.3 is 18.5 Å². The van der Waals surface area contributed by atoms with Gasteiger partial charge in [-0.25, -0.2) is 4.98 Å². The maximum atomic E-state index is 13.8. The molecular formula is C27H25F9N6S. The molecule has 0 aliphatic heterocycles. The molecule has 0 atom stereocenters. The second-order valence-corrected chi connectivity index (χ2v) is 10.9. The van der Waals surface area contributed by atoms with Gasteiger partial charge in [0.25, 0.3) is 5.95 Å². The van der Waals surface area contributed by atoms with Gasteiger partial charge in [0.05, 0.1) is 34.4 Å². The Labute approximate surface area is 244 Å². The third kappa shape index (κ3) is 7.64. The van der Waals surface area contributed by atoms with Gasteiger partial charge in [0.1, 0.15) is 0 Å². The van der Waals surface area contributed by atoms with E-state index in [0.29, 0.717) is 36.2 Å². The highest BCUT2D eigenvalue weighted by molar-refractivity contribution is 7.12. The average Bonchev–Trinajstić information content (AvgIpc) is 3.52. The van der Waals surface area contributed by atoms with E-state index in [2.05, 4.69) is 20.4 Å². The molecule has 0 N–H and O–H groups in total. The Balaban J connectivity index is 1.86. The molecule has 6 nitrogen and oxygen atoms in total.